The Morgan fingerprint density at radius 1 is 1.07 bits per heavy atom. The second-order valence-corrected chi connectivity index (χ2v) is 8.68. The molecule has 150 valence electrons. The van der Waals surface area contributed by atoms with Gasteiger partial charge in [-0.25, -0.2) is 13.6 Å². The fraction of sp³-hybridized carbons (Fsp3) is 0.316. The molecule has 28 heavy (non-hydrogen) atoms. The smallest absolute Gasteiger partial charge is 0.241 e. The first-order chi connectivity index (χ1) is 13.3. The summed E-state index contributed by atoms with van der Waals surface area (Å²) in [6.45, 7) is 4.91. The lowest BCUT2D eigenvalue weighted by Crippen LogP contribution is -2.52. The number of hydrogen-bond acceptors (Lipinski definition) is 5. The highest BCUT2D eigenvalue weighted by Crippen LogP contribution is 2.26. The molecule has 7 nitrogen and oxygen atoms in total. The molecule has 2 aromatic rings. The van der Waals surface area contributed by atoms with Gasteiger partial charge in [-0.05, 0) is 43.3 Å². The maximum Gasteiger partial charge on any atom is 0.241 e. The second-order valence-electron chi connectivity index (χ2n) is 6.71. The molecule has 3 N–H and O–H groups in total. The molecule has 1 aliphatic rings. The topological polar surface area (TPSA) is 95.7 Å². The van der Waals surface area contributed by atoms with Crippen molar-refractivity contribution in [2.75, 3.05) is 36.4 Å². The Morgan fingerprint density at radius 2 is 1.68 bits per heavy atom. The number of anilines is 2. The van der Waals surface area contributed by atoms with Crippen molar-refractivity contribution in [2.24, 2.45) is 5.14 Å². The van der Waals surface area contributed by atoms with E-state index in [1.807, 2.05) is 31.2 Å². The van der Waals surface area contributed by atoms with Crippen LogP contribution in [-0.4, -0.2) is 51.4 Å². The summed E-state index contributed by atoms with van der Waals surface area (Å²) in [6.07, 6.45) is 0. The normalized spacial score (nSPS) is 16.6. The Labute approximate surface area is 170 Å². The first-order valence-electron chi connectivity index (χ1n) is 8.93. The number of nitrogens with two attached hydrogens (primary N) is 1. The van der Waals surface area contributed by atoms with Gasteiger partial charge in [0.1, 0.15) is 0 Å². The van der Waals surface area contributed by atoms with Crippen molar-refractivity contribution >= 4 is 38.9 Å². The van der Waals surface area contributed by atoms with Crippen molar-refractivity contribution in [1.29, 1.82) is 0 Å². The monoisotopic (exact) mass is 422 g/mol. The lowest BCUT2D eigenvalue weighted by Gasteiger charge is -2.38. The number of benzene rings is 2. The van der Waals surface area contributed by atoms with Crippen LogP contribution in [0.5, 0.6) is 0 Å². The Hall–Kier alpha value is -2.13. The Bertz CT molecular complexity index is 942. The van der Waals surface area contributed by atoms with Gasteiger partial charge in [-0.1, -0.05) is 23.7 Å². The maximum absolute atomic E-state index is 12.6. The predicted octanol–water partition coefficient (Wildman–Crippen LogP) is 2.14. The Balaban J connectivity index is 1.57. The lowest BCUT2D eigenvalue weighted by molar-refractivity contribution is -0.120. The van der Waals surface area contributed by atoms with Gasteiger partial charge in [0.15, 0.2) is 0 Å². The minimum Gasteiger partial charge on any atom is -0.368 e. The highest BCUT2D eigenvalue weighted by molar-refractivity contribution is 7.89. The summed E-state index contributed by atoms with van der Waals surface area (Å²) in [6, 6.07) is 13.2. The predicted molar refractivity (Wildman–Crippen MR) is 111 cm³/mol. The van der Waals surface area contributed by atoms with Crippen LogP contribution in [-0.2, 0) is 14.8 Å². The van der Waals surface area contributed by atoms with Crippen LogP contribution < -0.4 is 15.4 Å². The number of para-hydroxylation sites is 1. The molecular weight excluding hydrogens is 400 g/mol. The zero-order chi connectivity index (χ0) is 20.3. The molecule has 0 saturated carbocycles. The van der Waals surface area contributed by atoms with Crippen LogP contribution in [0.2, 0.25) is 5.02 Å². The number of nitrogens with zero attached hydrogens (tertiary/aromatic N) is 2. The molecule has 3 rings (SSSR count). The molecule has 1 unspecified atom stereocenters. The van der Waals surface area contributed by atoms with Crippen LogP contribution >= 0.6 is 11.6 Å². The first-order valence-corrected chi connectivity index (χ1v) is 10.9. The first kappa shape index (κ1) is 20.6. The Morgan fingerprint density at radius 3 is 2.25 bits per heavy atom. The molecule has 0 bridgehead atoms. The fourth-order valence-electron chi connectivity index (χ4n) is 3.20. The number of sulfonamides is 1. The van der Waals surface area contributed by atoms with Crippen LogP contribution in [0.3, 0.4) is 0 Å². The number of amides is 1. The van der Waals surface area contributed by atoms with E-state index in [1.165, 1.54) is 24.3 Å². The number of primary sulfonamides is 1. The number of nitrogens with one attached hydrogen (secondary N) is 1. The van der Waals surface area contributed by atoms with Gasteiger partial charge in [0.25, 0.3) is 0 Å². The number of piperazine rings is 1. The van der Waals surface area contributed by atoms with Crippen molar-refractivity contribution in [3.63, 3.8) is 0 Å². The number of carbonyl (C=O) groups is 1. The summed E-state index contributed by atoms with van der Waals surface area (Å²) >= 11 is 6.27. The van der Waals surface area contributed by atoms with Crippen LogP contribution in [0.15, 0.2) is 53.4 Å². The minimum absolute atomic E-state index is 0.00856. The summed E-state index contributed by atoms with van der Waals surface area (Å²) in [5, 5.41) is 8.63. The quantitative estimate of drug-likeness (QED) is 0.769. The SMILES string of the molecule is CC(C(=O)Nc1ccc(S(N)(=O)=O)cc1)N1CCN(c2ccccc2Cl)CC1. The molecule has 0 radical (unpaired) electrons. The molecule has 1 saturated heterocycles. The number of hydrogen-bond donors (Lipinski definition) is 2. The van der Waals surface area contributed by atoms with Gasteiger partial charge in [-0.2, -0.15) is 0 Å². The van der Waals surface area contributed by atoms with E-state index in [-0.39, 0.29) is 16.8 Å². The third-order valence-electron chi connectivity index (χ3n) is 4.88. The molecule has 1 heterocycles. The van der Waals surface area contributed by atoms with Crippen LogP contribution in [0, 0.1) is 0 Å². The number of carbonyl (C=O) groups excluding carboxylic acids is 1. The summed E-state index contributed by atoms with van der Waals surface area (Å²) in [5.41, 5.74) is 1.54. The molecule has 1 aliphatic heterocycles. The van der Waals surface area contributed by atoms with Gasteiger partial charge in [0.05, 0.1) is 21.6 Å². The average molecular weight is 423 g/mol. The average Bonchev–Trinajstić information content (AvgIpc) is 2.67. The molecule has 0 aromatic heterocycles. The van der Waals surface area contributed by atoms with Gasteiger partial charge in [0, 0.05) is 31.9 Å². The standard InChI is InChI=1S/C19H23ClN4O3S/c1-14(19(25)22-15-6-8-16(9-7-15)28(21,26)27)23-10-12-24(13-11-23)18-5-3-2-4-17(18)20/h2-9,14H,10-13H2,1H3,(H,22,25)(H2,21,26,27). The van der Waals surface area contributed by atoms with Crippen LogP contribution in [0.1, 0.15) is 6.92 Å². The van der Waals surface area contributed by atoms with Gasteiger partial charge in [-0.3, -0.25) is 9.69 Å². The summed E-state index contributed by atoms with van der Waals surface area (Å²) in [7, 11) is -3.75. The van der Waals surface area contributed by atoms with E-state index in [9.17, 15) is 13.2 Å². The van der Waals surface area contributed by atoms with E-state index < -0.39 is 10.0 Å². The summed E-state index contributed by atoms with van der Waals surface area (Å²) < 4.78 is 22.6. The van der Waals surface area contributed by atoms with E-state index in [0.717, 1.165) is 36.9 Å². The molecule has 1 amide bonds. The summed E-state index contributed by atoms with van der Waals surface area (Å²) in [4.78, 5) is 16.9. The van der Waals surface area contributed by atoms with E-state index in [2.05, 4.69) is 15.1 Å². The maximum atomic E-state index is 12.6. The zero-order valence-corrected chi connectivity index (χ0v) is 17.1. The molecule has 1 atom stereocenters. The lowest BCUT2D eigenvalue weighted by atomic mass is 10.2. The molecule has 0 spiro atoms. The number of rotatable bonds is 5. The third kappa shape index (κ3) is 4.82. The zero-order valence-electron chi connectivity index (χ0n) is 15.5. The fourth-order valence-corrected chi connectivity index (χ4v) is 3.97. The van der Waals surface area contributed by atoms with Gasteiger partial charge in [0.2, 0.25) is 15.9 Å². The van der Waals surface area contributed by atoms with Crippen molar-refractivity contribution < 1.29 is 13.2 Å². The van der Waals surface area contributed by atoms with E-state index in [4.69, 9.17) is 16.7 Å². The van der Waals surface area contributed by atoms with Crippen molar-refractivity contribution in [1.82, 2.24) is 4.90 Å². The van der Waals surface area contributed by atoms with E-state index >= 15 is 0 Å². The molecule has 2 aromatic carbocycles. The van der Waals surface area contributed by atoms with E-state index in [1.54, 1.807) is 0 Å². The van der Waals surface area contributed by atoms with Crippen molar-refractivity contribution in [3.8, 4) is 0 Å². The molecular formula is C19H23ClN4O3S. The Kier molecular flexibility index (Phi) is 6.24. The van der Waals surface area contributed by atoms with Gasteiger partial charge < -0.3 is 10.2 Å². The van der Waals surface area contributed by atoms with Crippen molar-refractivity contribution in [2.45, 2.75) is 17.9 Å². The minimum atomic E-state index is -3.75. The highest BCUT2D eigenvalue weighted by atomic mass is 35.5. The highest BCUT2D eigenvalue weighted by Gasteiger charge is 2.26. The van der Waals surface area contributed by atoms with Gasteiger partial charge in [-0.15, -0.1) is 0 Å². The van der Waals surface area contributed by atoms with Crippen molar-refractivity contribution in [3.05, 3.63) is 53.6 Å². The molecule has 1 fully saturated rings. The van der Waals surface area contributed by atoms with E-state index in [0.29, 0.717) is 5.69 Å². The van der Waals surface area contributed by atoms with Crippen LogP contribution in [0.25, 0.3) is 0 Å². The second kappa shape index (κ2) is 8.48. The molecule has 9 heteroatoms. The largest absolute Gasteiger partial charge is 0.368 e. The third-order valence-corrected chi connectivity index (χ3v) is 6.13. The number of halogens is 1. The van der Waals surface area contributed by atoms with Gasteiger partial charge >= 0.3 is 0 Å². The van der Waals surface area contributed by atoms with Crippen LogP contribution in [0.4, 0.5) is 11.4 Å². The molecule has 0 aliphatic carbocycles. The summed E-state index contributed by atoms with van der Waals surface area (Å²) in [5.74, 6) is -0.144.